The molecule has 20 heavy (non-hydrogen) atoms. The van der Waals surface area contributed by atoms with Gasteiger partial charge in [-0.05, 0) is 22.6 Å². The second kappa shape index (κ2) is 5.25. The molecule has 2 aromatic rings. The number of anilines is 1. The van der Waals surface area contributed by atoms with Crippen LogP contribution in [0.25, 0.3) is 5.69 Å². The number of amides is 1. The number of aromatic nitrogens is 4. The van der Waals surface area contributed by atoms with E-state index in [1.165, 1.54) is 0 Å². The molecule has 3 rings (SSSR count). The largest absolute Gasteiger partial charge is 0.368 e. The molecule has 8 heteroatoms. The molecule has 3 N–H and O–H groups in total. The lowest BCUT2D eigenvalue weighted by molar-refractivity contribution is -0.120. The average Bonchev–Trinajstić information content (AvgIpc) is 2.98. The number of nitrogens with one attached hydrogen (secondary N) is 1. The molecule has 1 aliphatic heterocycles. The van der Waals surface area contributed by atoms with Crippen molar-refractivity contribution in [2.24, 2.45) is 5.73 Å². The van der Waals surface area contributed by atoms with E-state index in [1.807, 2.05) is 35.2 Å². The van der Waals surface area contributed by atoms with E-state index in [2.05, 4.69) is 20.8 Å². The van der Waals surface area contributed by atoms with Gasteiger partial charge in [0.05, 0.1) is 5.69 Å². The number of carbonyl (C=O) groups excluding carboxylic acids is 1. The summed E-state index contributed by atoms with van der Waals surface area (Å²) in [5.74, 6) is 0.248. The van der Waals surface area contributed by atoms with Gasteiger partial charge >= 0.3 is 0 Å². The Labute approximate surface area is 115 Å². The molecule has 0 saturated carbocycles. The highest BCUT2D eigenvalue weighted by atomic mass is 16.1. The summed E-state index contributed by atoms with van der Waals surface area (Å²) in [6.07, 6.45) is 0. The van der Waals surface area contributed by atoms with E-state index in [1.54, 1.807) is 4.68 Å². The summed E-state index contributed by atoms with van der Waals surface area (Å²) < 4.78 is 1.66. The fourth-order valence-corrected chi connectivity index (χ4v) is 2.24. The van der Waals surface area contributed by atoms with Crippen LogP contribution in [-0.4, -0.2) is 51.8 Å². The topological polar surface area (TPSA) is 102 Å². The number of nitrogens with zero attached hydrogens (tertiary/aromatic N) is 5. The summed E-state index contributed by atoms with van der Waals surface area (Å²) in [4.78, 5) is 13.3. The molecule has 1 amide bonds. The van der Waals surface area contributed by atoms with Crippen molar-refractivity contribution in [2.75, 3.05) is 24.5 Å². The molecule has 1 atom stereocenters. The van der Waals surface area contributed by atoms with Crippen molar-refractivity contribution >= 4 is 11.9 Å². The molecule has 0 aliphatic carbocycles. The molecule has 1 aliphatic rings. The van der Waals surface area contributed by atoms with Crippen molar-refractivity contribution in [3.63, 3.8) is 0 Å². The second-order valence-corrected chi connectivity index (χ2v) is 4.58. The zero-order chi connectivity index (χ0) is 13.9. The average molecular weight is 273 g/mol. The molecule has 2 heterocycles. The summed E-state index contributed by atoms with van der Waals surface area (Å²) in [5, 5.41) is 14.9. The van der Waals surface area contributed by atoms with Crippen LogP contribution in [0.5, 0.6) is 0 Å². The zero-order valence-corrected chi connectivity index (χ0v) is 10.8. The monoisotopic (exact) mass is 273 g/mol. The van der Waals surface area contributed by atoms with Crippen molar-refractivity contribution in [1.29, 1.82) is 0 Å². The van der Waals surface area contributed by atoms with Gasteiger partial charge in [0, 0.05) is 19.6 Å². The third-order valence-electron chi connectivity index (χ3n) is 3.26. The van der Waals surface area contributed by atoms with Crippen LogP contribution >= 0.6 is 0 Å². The van der Waals surface area contributed by atoms with Crippen LogP contribution in [0, 0.1) is 0 Å². The first-order chi connectivity index (χ1) is 9.75. The zero-order valence-electron chi connectivity index (χ0n) is 10.8. The van der Waals surface area contributed by atoms with Crippen LogP contribution in [0.1, 0.15) is 0 Å². The van der Waals surface area contributed by atoms with Gasteiger partial charge in [0.1, 0.15) is 6.04 Å². The number of carbonyl (C=O) groups is 1. The van der Waals surface area contributed by atoms with E-state index in [0.29, 0.717) is 19.0 Å². The predicted octanol–water partition coefficient (Wildman–Crippen LogP) is -1.07. The maximum Gasteiger partial charge on any atom is 0.250 e. The van der Waals surface area contributed by atoms with Crippen molar-refractivity contribution in [1.82, 2.24) is 25.5 Å². The van der Waals surface area contributed by atoms with Gasteiger partial charge in [0.2, 0.25) is 11.9 Å². The standard InChI is InChI=1S/C12H15N7O/c13-11(20)10-8-18(7-6-14-10)12-15-16-17-19(12)9-4-2-1-3-5-9/h1-5,10,14H,6-8H2,(H2,13,20)/t10-/m0/s1. The van der Waals surface area contributed by atoms with Crippen molar-refractivity contribution in [2.45, 2.75) is 6.04 Å². The van der Waals surface area contributed by atoms with Gasteiger partial charge in [0.15, 0.2) is 0 Å². The van der Waals surface area contributed by atoms with E-state index >= 15 is 0 Å². The molecule has 1 saturated heterocycles. The molecule has 1 fully saturated rings. The van der Waals surface area contributed by atoms with Crippen LogP contribution in [0.3, 0.4) is 0 Å². The molecule has 104 valence electrons. The molecule has 8 nitrogen and oxygen atoms in total. The fourth-order valence-electron chi connectivity index (χ4n) is 2.24. The van der Waals surface area contributed by atoms with Crippen molar-refractivity contribution in [3.05, 3.63) is 30.3 Å². The number of benzene rings is 1. The van der Waals surface area contributed by atoms with Crippen LogP contribution in [0.15, 0.2) is 30.3 Å². The predicted molar refractivity (Wildman–Crippen MR) is 72.4 cm³/mol. The molecule has 0 bridgehead atoms. The van der Waals surface area contributed by atoms with Crippen LogP contribution in [-0.2, 0) is 4.79 Å². The fraction of sp³-hybridized carbons (Fsp3) is 0.333. The van der Waals surface area contributed by atoms with Gasteiger partial charge in [-0.2, -0.15) is 4.68 Å². The maximum atomic E-state index is 11.3. The van der Waals surface area contributed by atoms with Crippen molar-refractivity contribution < 1.29 is 4.79 Å². The number of hydrogen-bond donors (Lipinski definition) is 2. The van der Waals surface area contributed by atoms with E-state index in [9.17, 15) is 4.79 Å². The Morgan fingerprint density at radius 2 is 2.15 bits per heavy atom. The lowest BCUT2D eigenvalue weighted by Crippen LogP contribution is -2.56. The van der Waals surface area contributed by atoms with E-state index in [-0.39, 0.29) is 11.9 Å². The van der Waals surface area contributed by atoms with E-state index in [0.717, 1.165) is 12.2 Å². The third-order valence-corrected chi connectivity index (χ3v) is 3.26. The summed E-state index contributed by atoms with van der Waals surface area (Å²) in [6.45, 7) is 1.84. The van der Waals surface area contributed by atoms with Crippen LogP contribution < -0.4 is 16.0 Å². The number of nitrogens with two attached hydrogens (primary N) is 1. The highest BCUT2D eigenvalue weighted by molar-refractivity contribution is 5.80. The van der Waals surface area contributed by atoms with E-state index < -0.39 is 0 Å². The summed E-state index contributed by atoms with van der Waals surface area (Å²) in [5.41, 5.74) is 6.22. The van der Waals surface area contributed by atoms with Gasteiger partial charge in [-0.15, -0.1) is 0 Å². The Bertz CT molecular complexity index is 597. The van der Waals surface area contributed by atoms with Gasteiger partial charge in [-0.1, -0.05) is 23.3 Å². The van der Waals surface area contributed by atoms with Gasteiger partial charge < -0.3 is 16.0 Å². The maximum absolute atomic E-state index is 11.3. The number of piperazine rings is 1. The van der Waals surface area contributed by atoms with Crippen LogP contribution in [0.4, 0.5) is 5.95 Å². The summed E-state index contributed by atoms with van der Waals surface area (Å²) in [6, 6.07) is 9.24. The summed E-state index contributed by atoms with van der Waals surface area (Å²) in [7, 11) is 0. The molecule has 1 aromatic carbocycles. The summed E-state index contributed by atoms with van der Waals surface area (Å²) >= 11 is 0. The second-order valence-electron chi connectivity index (χ2n) is 4.58. The third kappa shape index (κ3) is 2.32. The molecule has 0 unspecified atom stereocenters. The lowest BCUT2D eigenvalue weighted by atomic mass is 10.2. The first-order valence-corrected chi connectivity index (χ1v) is 6.37. The van der Waals surface area contributed by atoms with Crippen LogP contribution in [0.2, 0.25) is 0 Å². The number of para-hydroxylation sites is 1. The Morgan fingerprint density at radius 1 is 1.35 bits per heavy atom. The quantitative estimate of drug-likeness (QED) is 0.738. The minimum Gasteiger partial charge on any atom is -0.368 e. The van der Waals surface area contributed by atoms with Crippen molar-refractivity contribution in [3.8, 4) is 5.69 Å². The molecular formula is C12H15N7O. The van der Waals surface area contributed by atoms with Gasteiger partial charge in [-0.3, -0.25) is 4.79 Å². The SMILES string of the molecule is NC(=O)[C@@H]1CN(c2nnnn2-c2ccccc2)CCN1. The number of rotatable bonds is 3. The molecular weight excluding hydrogens is 258 g/mol. The Morgan fingerprint density at radius 3 is 2.90 bits per heavy atom. The number of primary amides is 1. The smallest absolute Gasteiger partial charge is 0.250 e. The lowest BCUT2D eigenvalue weighted by Gasteiger charge is -2.32. The normalized spacial score (nSPS) is 19.0. The highest BCUT2D eigenvalue weighted by Gasteiger charge is 2.26. The minimum absolute atomic E-state index is 0.367. The minimum atomic E-state index is -0.385. The Kier molecular flexibility index (Phi) is 3.30. The first-order valence-electron chi connectivity index (χ1n) is 6.37. The molecule has 1 aromatic heterocycles. The molecule has 0 radical (unpaired) electrons. The van der Waals surface area contributed by atoms with E-state index in [4.69, 9.17) is 5.73 Å². The Hall–Kier alpha value is -2.48. The molecule has 0 spiro atoms. The number of tetrazole rings is 1. The van der Waals surface area contributed by atoms with Gasteiger partial charge in [0.25, 0.3) is 0 Å². The highest BCUT2D eigenvalue weighted by Crippen LogP contribution is 2.16. The van der Waals surface area contributed by atoms with Gasteiger partial charge in [-0.25, -0.2) is 0 Å². The Balaban J connectivity index is 1.88. The first kappa shape index (κ1) is 12.5. The number of hydrogen-bond acceptors (Lipinski definition) is 6.